The Bertz CT molecular complexity index is 1800. The molecular weight excluding hydrogens is 579 g/mol. The van der Waals surface area contributed by atoms with Crippen molar-refractivity contribution in [2.24, 2.45) is 0 Å². The van der Waals surface area contributed by atoms with Crippen molar-refractivity contribution in [1.29, 1.82) is 0 Å². The number of likely N-dealkylation sites (N-methyl/N-ethyl adjacent to an activating group) is 1. The number of carbonyl (C=O) groups excluding carboxylic acids is 1. The first-order chi connectivity index (χ1) is 20.7. The fourth-order valence-electron chi connectivity index (χ4n) is 6.78. The van der Waals surface area contributed by atoms with Crippen LogP contribution in [0, 0.1) is 11.6 Å². The van der Waals surface area contributed by atoms with Gasteiger partial charge in [-0.05, 0) is 55.9 Å². The fraction of sp³-hybridized carbons (Fsp3) is 0.344. The van der Waals surface area contributed by atoms with E-state index in [1.165, 1.54) is 11.0 Å². The summed E-state index contributed by atoms with van der Waals surface area (Å²) in [4.78, 5) is 27.3. The summed E-state index contributed by atoms with van der Waals surface area (Å²) in [5, 5.41) is 1.48. The minimum atomic E-state index is -0.984. The van der Waals surface area contributed by atoms with Crippen LogP contribution in [0.5, 0.6) is 6.01 Å². The van der Waals surface area contributed by atoms with E-state index in [4.69, 9.17) is 21.3 Å². The number of fused-ring (bicyclic) bond motifs is 3. The van der Waals surface area contributed by atoms with Crippen LogP contribution in [0.15, 0.2) is 54.9 Å². The van der Waals surface area contributed by atoms with Gasteiger partial charge in [0.2, 0.25) is 0 Å². The van der Waals surface area contributed by atoms with Gasteiger partial charge in [0, 0.05) is 35.5 Å². The Morgan fingerprint density at radius 2 is 1.91 bits per heavy atom. The van der Waals surface area contributed by atoms with Crippen LogP contribution in [0.2, 0.25) is 5.02 Å². The van der Waals surface area contributed by atoms with Crippen LogP contribution in [-0.2, 0) is 4.79 Å². The van der Waals surface area contributed by atoms with Gasteiger partial charge in [0.25, 0.3) is 5.91 Å². The second-order valence-electron chi connectivity index (χ2n) is 11.5. The molecule has 3 aliphatic rings. The molecule has 3 aromatic carbocycles. The number of likely N-dealkylation sites (tertiary alicyclic amines) is 2. The van der Waals surface area contributed by atoms with Gasteiger partial charge in [-0.3, -0.25) is 4.79 Å². The highest BCUT2D eigenvalue weighted by Crippen LogP contribution is 2.43. The molecule has 0 bridgehead atoms. The van der Waals surface area contributed by atoms with Gasteiger partial charge >= 0.3 is 6.01 Å². The van der Waals surface area contributed by atoms with Gasteiger partial charge in [0.05, 0.1) is 17.1 Å². The number of halogens is 4. The maximum absolute atomic E-state index is 16.6. The van der Waals surface area contributed by atoms with Crippen LogP contribution in [0.3, 0.4) is 0 Å². The van der Waals surface area contributed by atoms with E-state index in [9.17, 15) is 13.6 Å². The van der Waals surface area contributed by atoms with E-state index in [1.54, 1.807) is 36.4 Å². The SMILES string of the molecule is C=C(F)C(=O)N1CCC2[C@H]1CN2c1nc(OC[C@@H]2CCCN2C)nc2c(F)c(-c3cccc4ccc(F)c(Cl)c34)ccc12. The number of ether oxygens (including phenoxy) is 1. The predicted molar refractivity (Wildman–Crippen MR) is 160 cm³/mol. The maximum atomic E-state index is 16.6. The Morgan fingerprint density at radius 1 is 1.07 bits per heavy atom. The number of rotatable bonds is 6. The molecule has 0 radical (unpaired) electrons. The molecule has 0 N–H and O–H groups in total. The van der Waals surface area contributed by atoms with Gasteiger partial charge in [-0.25, -0.2) is 13.2 Å². The van der Waals surface area contributed by atoms with E-state index in [1.807, 2.05) is 11.9 Å². The third-order valence-corrected chi connectivity index (χ3v) is 9.50. The molecule has 0 spiro atoms. The molecule has 3 aliphatic heterocycles. The minimum absolute atomic E-state index is 0.0485. The van der Waals surface area contributed by atoms with Crippen molar-refractivity contribution in [3.8, 4) is 17.1 Å². The van der Waals surface area contributed by atoms with Crippen LogP contribution >= 0.6 is 11.6 Å². The Balaban J connectivity index is 1.32. The monoisotopic (exact) mass is 607 g/mol. The van der Waals surface area contributed by atoms with Crippen molar-refractivity contribution in [2.45, 2.75) is 37.4 Å². The lowest BCUT2D eigenvalue weighted by Crippen LogP contribution is -2.63. The first kappa shape index (κ1) is 27.9. The van der Waals surface area contributed by atoms with Crippen molar-refractivity contribution in [2.75, 3.05) is 38.2 Å². The number of hydrogen-bond acceptors (Lipinski definition) is 6. The van der Waals surface area contributed by atoms with Crippen molar-refractivity contribution >= 4 is 45.0 Å². The number of amides is 1. The number of nitrogens with zero attached hydrogens (tertiary/aromatic N) is 5. The Kier molecular flexibility index (Phi) is 6.93. The molecule has 1 unspecified atom stereocenters. The molecule has 0 aliphatic carbocycles. The maximum Gasteiger partial charge on any atom is 0.319 e. The first-order valence-corrected chi connectivity index (χ1v) is 14.7. The second kappa shape index (κ2) is 10.7. The highest BCUT2D eigenvalue weighted by molar-refractivity contribution is 6.37. The Hall–Kier alpha value is -3.89. The van der Waals surface area contributed by atoms with E-state index in [0.29, 0.717) is 53.7 Å². The predicted octanol–water partition coefficient (Wildman–Crippen LogP) is 6.13. The van der Waals surface area contributed by atoms with Gasteiger partial charge in [-0.15, -0.1) is 0 Å². The molecule has 4 heterocycles. The van der Waals surface area contributed by atoms with E-state index in [0.717, 1.165) is 19.4 Å². The molecule has 222 valence electrons. The van der Waals surface area contributed by atoms with Crippen LogP contribution in [0.4, 0.5) is 19.0 Å². The lowest BCUT2D eigenvalue weighted by atomic mass is 9.94. The first-order valence-electron chi connectivity index (χ1n) is 14.4. The van der Waals surface area contributed by atoms with E-state index < -0.39 is 23.4 Å². The molecular formula is C32H29ClF3N5O2. The Morgan fingerprint density at radius 3 is 2.67 bits per heavy atom. The molecule has 4 aromatic rings. The van der Waals surface area contributed by atoms with Crippen LogP contribution in [0.1, 0.15) is 19.3 Å². The average molecular weight is 608 g/mol. The lowest BCUT2D eigenvalue weighted by molar-refractivity contribution is -0.130. The van der Waals surface area contributed by atoms with E-state index in [2.05, 4.69) is 16.5 Å². The normalized spacial score (nSPS) is 21.8. The van der Waals surface area contributed by atoms with Crippen LogP contribution in [0.25, 0.3) is 32.8 Å². The smallest absolute Gasteiger partial charge is 0.319 e. The molecule has 43 heavy (non-hydrogen) atoms. The quantitative estimate of drug-likeness (QED) is 0.246. The molecule has 11 heteroatoms. The number of carbonyl (C=O) groups is 1. The summed E-state index contributed by atoms with van der Waals surface area (Å²) in [5.74, 6) is -2.40. The van der Waals surface area contributed by atoms with Crippen molar-refractivity contribution in [3.05, 3.63) is 71.5 Å². The molecule has 7 nitrogen and oxygen atoms in total. The third kappa shape index (κ3) is 4.58. The molecule has 1 amide bonds. The Labute approximate surface area is 251 Å². The minimum Gasteiger partial charge on any atom is -0.462 e. The van der Waals surface area contributed by atoms with Crippen molar-refractivity contribution < 1.29 is 22.7 Å². The zero-order valence-electron chi connectivity index (χ0n) is 23.5. The highest BCUT2D eigenvalue weighted by Gasteiger charge is 2.50. The molecule has 0 saturated carbocycles. The van der Waals surface area contributed by atoms with Crippen LogP contribution in [-0.4, -0.2) is 77.1 Å². The van der Waals surface area contributed by atoms with Gasteiger partial charge in [-0.1, -0.05) is 48.5 Å². The summed E-state index contributed by atoms with van der Waals surface area (Å²) in [6, 6.07) is 11.5. The third-order valence-electron chi connectivity index (χ3n) is 9.13. The molecule has 3 fully saturated rings. The summed E-state index contributed by atoms with van der Waals surface area (Å²) >= 11 is 6.38. The summed E-state index contributed by atoms with van der Waals surface area (Å²) in [5.41, 5.74) is 0.725. The van der Waals surface area contributed by atoms with Gasteiger partial charge < -0.3 is 19.4 Å². The van der Waals surface area contributed by atoms with E-state index >= 15 is 4.39 Å². The standard InChI is InChI=1S/C32H29ClF3N5O2/c1-17(34)31(42)40-14-12-24-25(40)15-41(24)30-22-10-9-21(20-7-3-5-18-8-11-23(35)27(33)26(18)20)28(36)29(22)37-32(38-30)43-16-19-6-4-13-39(19)2/h3,5,7-11,19,24-25H,1,4,6,12-16H2,2H3/t19-,24?,25+/m0/s1. The summed E-state index contributed by atoms with van der Waals surface area (Å²) in [7, 11) is 2.04. The van der Waals surface area contributed by atoms with Crippen molar-refractivity contribution in [3.63, 3.8) is 0 Å². The molecule has 3 atom stereocenters. The highest BCUT2D eigenvalue weighted by atomic mass is 35.5. The second-order valence-corrected chi connectivity index (χ2v) is 11.9. The number of anilines is 1. The average Bonchev–Trinajstić information content (AvgIpc) is 3.55. The largest absolute Gasteiger partial charge is 0.462 e. The topological polar surface area (TPSA) is 61.8 Å². The summed E-state index contributed by atoms with van der Waals surface area (Å²) in [6.45, 7) is 5.29. The number of benzene rings is 3. The lowest BCUT2D eigenvalue weighted by Gasteiger charge is -2.47. The summed E-state index contributed by atoms with van der Waals surface area (Å²) in [6.07, 6.45) is 2.66. The molecule has 1 aromatic heterocycles. The van der Waals surface area contributed by atoms with E-state index in [-0.39, 0.29) is 40.2 Å². The van der Waals surface area contributed by atoms with Crippen LogP contribution < -0.4 is 9.64 Å². The number of hydrogen-bond donors (Lipinski definition) is 0. The zero-order chi connectivity index (χ0) is 30.0. The molecule has 3 saturated heterocycles. The van der Waals surface area contributed by atoms with Gasteiger partial charge in [-0.2, -0.15) is 9.97 Å². The number of aromatic nitrogens is 2. The fourth-order valence-corrected chi connectivity index (χ4v) is 7.06. The molecule has 7 rings (SSSR count). The zero-order valence-corrected chi connectivity index (χ0v) is 24.3. The summed E-state index contributed by atoms with van der Waals surface area (Å²) < 4.78 is 50.8. The van der Waals surface area contributed by atoms with Crippen molar-refractivity contribution in [1.82, 2.24) is 19.8 Å². The van der Waals surface area contributed by atoms with Gasteiger partial charge in [0.15, 0.2) is 11.6 Å². The van der Waals surface area contributed by atoms with Gasteiger partial charge in [0.1, 0.15) is 23.8 Å².